The van der Waals surface area contributed by atoms with E-state index < -0.39 is 10.0 Å². The zero-order valence-corrected chi connectivity index (χ0v) is 18.4. The van der Waals surface area contributed by atoms with Crippen LogP contribution in [-0.2, 0) is 23.1 Å². The Morgan fingerprint density at radius 3 is 1.71 bits per heavy atom. The fourth-order valence-corrected chi connectivity index (χ4v) is 3.71. The number of allylic oxidation sites excluding steroid dienone is 2. The van der Waals surface area contributed by atoms with E-state index in [2.05, 4.69) is 11.0 Å². The summed E-state index contributed by atoms with van der Waals surface area (Å²) in [4.78, 5) is 1.97. The van der Waals surface area contributed by atoms with Gasteiger partial charge in [0.2, 0.25) is 0 Å². The van der Waals surface area contributed by atoms with Crippen LogP contribution in [0.15, 0.2) is 114 Å². The van der Waals surface area contributed by atoms with Crippen molar-refractivity contribution < 1.29 is 8.42 Å². The van der Waals surface area contributed by atoms with Gasteiger partial charge >= 0.3 is 0 Å². The SMILES string of the molecule is C=C/C(=C\C(=N/S(C)(=O)=O)N(Cc1ccccc1)Cc1ccccc1)c1ccccc1. The lowest BCUT2D eigenvalue weighted by atomic mass is 10.0. The van der Waals surface area contributed by atoms with Gasteiger partial charge in [-0.05, 0) is 28.3 Å². The summed E-state index contributed by atoms with van der Waals surface area (Å²) in [6.45, 7) is 4.95. The first-order valence-electron chi connectivity index (χ1n) is 9.97. The Hall–Kier alpha value is -3.44. The van der Waals surface area contributed by atoms with Gasteiger partial charge in [0.15, 0.2) is 0 Å². The number of hydrogen-bond donors (Lipinski definition) is 0. The molecule has 0 atom stereocenters. The van der Waals surface area contributed by atoms with Crippen LogP contribution in [-0.4, -0.2) is 25.4 Å². The minimum Gasteiger partial charge on any atom is -0.347 e. The van der Waals surface area contributed by atoms with Crippen LogP contribution in [0.2, 0.25) is 0 Å². The molecule has 4 nitrogen and oxygen atoms in total. The minimum absolute atomic E-state index is 0.369. The van der Waals surface area contributed by atoms with E-state index in [9.17, 15) is 8.42 Å². The number of amidine groups is 1. The van der Waals surface area contributed by atoms with Crippen molar-refractivity contribution in [2.45, 2.75) is 13.1 Å². The van der Waals surface area contributed by atoms with Crippen LogP contribution in [0.4, 0.5) is 0 Å². The van der Waals surface area contributed by atoms with Gasteiger partial charge in [-0.3, -0.25) is 0 Å². The number of nitrogens with zero attached hydrogens (tertiary/aromatic N) is 2. The highest BCUT2D eigenvalue weighted by Crippen LogP contribution is 2.19. The summed E-state index contributed by atoms with van der Waals surface area (Å²) >= 11 is 0. The van der Waals surface area contributed by atoms with E-state index in [1.807, 2.05) is 95.9 Å². The van der Waals surface area contributed by atoms with Gasteiger partial charge < -0.3 is 4.90 Å². The predicted molar refractivity (Wildman–Crippen MR) is 129 cm³/mol. The molecule has 0 bridgehead atoms. The maximum atomic E-state index is 12.2. The maximum absolute atomic E-state index is 12.2. The number of benzene rings is 3. The lowest BCUT2D eigenvalue weighted by Crippen LogP contribution is -2.30. The summed E-state index contributed by atoms with van der Waals surface area (Å²) in [6.07, 6.45) is 4.62. The molecule has 5 heteroatoms. The zero-order chi connectivity index (χ0) is 22.1. The molecule has 0 amide bonds. The first kappa shape index (κ1) is 22.2. The van der Waals surface area contributed by atoms with Gasteiger partial charge in [0.25, 0.3) is 10.0 Å². The van der Waals surface area contributed by atoms with Gasteiger partial charge in [-0.15, -0.1) is 4.40 Å². The first-order chi connectivity index (χ1) is 14.9. The molecule has 0 fully saturated rings. The van der Waals surface area contributed by atoms with Crippen LogP contribution >= 0.6 is 0 Å². The first-order valence-corrected chi connectivity index (χ1v) is 11.8. The van der Waals surface area contributed by atoms with Crippen molar-refractivity contribution in [1.29, 1.82) is 0 Å². The quantitative estimate of drug-likeness (QED) is 0.276. The molecule has 31 heavy (non-hydrogen) atoms. The summed E-state index contributed by atoms with van der Waals surface area (Å²) in [6, 6.07) is 29.6. The summed E-state index contributed by atoms with van der Waals surface area (Å²) in [5, 5.41) is 0. The molecular weight excluding hydrogens is 404 g/mol. The van der Waals surface area contributed by atoms with Crippen LogP contribution in [0.3, 0.4) is 0 Å². The van der Waals surface area contributed by atoms with E-state index in [4.69, 9.17) is 0 Å². The van der Waals surface area contributed by atoms with Crippen LogP contribution in [0.1, 0.15) is 16.7 Å². The average molecular weight is 431 g/mol. The van der Waals surface area contributed by atoms with E-state index in [1.54, 1.807) is 12.2 Å². The maximum Gasteiger partial charge on any atom is 0.252 e. The molecule has 3 aromatic rings. The molecule has 0 saturated heterocycles. The summed E-state index contributed by atoms with van der Waals surface area (Å²) in [7, 11) is -3.62. The van der Waals surface area contributed by atoms with Gasteiger partial charge in [-0.2, -0.15) is 0 Å². The standard InChI is InChI=1S/C26H26N2O2S/c1-3-24(25-17-11-6-12-18-25)19-26(27-31(2,29)30)28(20-22-13-7-4-8-14-22)21-23-15-9-5-10-16-23/h3-19H,1,20-21H2,2H3/b24-19+,27-26+. The molecule has 158 valence electrons. The monoisotopic (exact) mass is 430 g/mol. The van der Waals surface area contributed by atoms with Crippen molar-refractivity contribution >= 4 is 21.4 Å². The van der Waals surface area contributed by atoms with E-state index in [1.165, 1.54) is 0 Å². The van der Waals surface area contributed by atoms with Crippen molar-refractivity contribution in [3.63, 3.8) is 0 Å². The molecule has 0 aliphatic heterocycles. The highest BCUT2D eigenvalue weighted by molar-refractivity contribution is 7.89. The summed E-state index contributed by atoms with van der Waals surface area (Å²) in [5.41, 5.74) is 3.87. The third-order valence-corrected chi connectivity index (χ3v) is 5.15. The third kappa shape index (κ3) is 7.08. The average Bonchev–Trinajstić information content (AvgIpc) is 2.77. The fourth-order valence-electron chi connectivity index (χ4n) is 3.20. The van der Waals surface area contributed by atoms with Gasteiger partial charge in [-0.1, -0.05) is 104 Å². The highest BCUT2D eigenvalue weighted by Gasteiger charge is 2.15. The lowest BCUT2D eigenvalue weighted by Gasteiger charge is -2.25. The molecule has 0 aromatic heterocycles. The third-order valence-electron chi connectivity index (χ3n) is 4.63. The van der Waals surface area contributed by atoms with Crippen molar-refractivity contribution in [2.75, 3.05) is 6.26 Å². The topological polar surface area (TPSA) is 49.7 Å². The van der Waals surface area contributed by atoms with E-state index in [0.717, 1.165) is 28.5 Å². The van der Waals surface area contributed by atoms with Crippen LogP contribution in [0.25, 0.3) is 5.57 Å². The van der Waals surface area contributed by atoms with Crippen LogP contribution < -0.4 is 0 Å². The molecule has 3 rings (SSSR count). The number of rotatable bonds is 8. The van der Waals surface area contributed by atoms with Gasteiger partial charge in [0.05, 0.1) is 6.26 Å². The molecule has 0 unspecified atom stereocenters. The van der Waals surface area contributed by atoms with Crippen molar-refractivity contribution in [2.24, 2.45) is 4.40 Å². The second kappa shape index (κ2) is 10.5. The highest BCUT2D eigenvalue weighted by atomic mass is 32.2. The Labute approximate surface area is 185 Å². The zero-order valence-electron chi connectivity index (χ0n) is 17.6. The Bertz CT molecular complexity index is 1110. The summed E-state index contributed by atoms with van der Waals surface area (Å²) in [5.74, 6) is 0.369. The molecule has 0 N–H and O–H groups in total. The second-order valence-corrected chi connectivity index (χ2v) is 8.83. The van der Waals surface area contributed by atoms with Crippen molar-refractivity contribution in [3.8, 4) is 0 Å². The minimum atomic E-state index is -3.62. The molecule has 0 aliphatic rings. The Morgan fingerprint density at radius 1 is 0.839 bits per heavy atom. The number of hydrogen-bond acceptors (Lipinski definition) is 2. The van der Waals surface area contributed by atoms with Crippen molar-refractivity contribution in [3.05, 3.63) is 126 Å². The predicted octanol–water partition coefficient (Wildman–Crippen LogP) is 5.32. The Balaban J connectivity index is 2.09. The van der Waals surface area contributed by atoms with Gasteiger partial charge in [-0.25, -0.2) is 8.42 Å². The molecule has 0 saturated carbocycles. The largest absolute Gasteiger partial charge is 0.347 e. The smallest absolute Gasteiger partial charge is 0.252 e. The molecule has 0 spiro atoms. The molecule has 0 radical (unpaired) electrons. The van der Waals surface area contributed by atoms with E-state index in [0.29, 0.717) is 18.9 Å². The summed E-state index contributed by atoms with van der Waals surface area (Å²) < 4.78 is 28.5. The molecule has 3 aromatic carbocycles. The van der Waals surface area contributed by atoms with Gasteiger partial charge in [0, 0.05) is 13.1 Å². The normalized spacial score (nSPS) is 12.4. The fraction of sp³-hybridized carbons (Fsp3) is 0.115. The number of sulfonamides is 1. The van der Waals surface area contributed by atoms with Gasteiger partial charge in [0.1, 0.15) is 5.84 Å². The van der Waals surface area contributed by atoms with Crippen LogP contribution in [0, 0.1) is 0 Å². The van der Waals surface area contributed by atoms with Crippen molar-refractivity contribution in [1.82, 2.24) is 4.90 Å². The van der Waals surface area contributed by atoms with E-state index >= 15 is 0 Å². The molecular formula is C26H26N2O2S. The molecule has 0 heterocycles. The molecule has 0 aliphatic carbocycles. The van der Waals surface area contributed by atoms with Crippen LogP contribution in [0.5, 0.6) is 0 Å². The Morgan fingerprint density at radius 2 is 1.29 bits per heavy atom. The lowest BCUT2D eigenvalue weighted by molar-refractivity contribution is 0.409. The Kier molecular flexibility index (Phi) is 7.57. The van der Waals surface area contributed by atoms with E-state index in [-0.39, 0.29) is 0 Å². The second-order valence-electron chi connectivity index (χ2n) is 7.18.